The first-order valence-corrected chi connectivity index (χ1v) is 14.0. The lowest BCUT2D eigenvalue weighted by atomic mass is 9.77. The summed E-state index contributed by atoms with van der Waals surface area (Å²) in [6.45, 7) is 12.8. The number of benzene rings is 1. The van der Waals surface area contributed by atoms with Crippen LogP contribution in [0.15, 0.2) is 24.3 Å². The van der Waals surface area contributed by atoms with E-state index in [2.05, 4.69) is 38.7 Å². The summed E-state index contributed by atoms with van der Waals surface area (Å²) in [4.78, 5) is 30.5. The molecule has 0 aromatic heterocycles. The Morgan fingerprint density at radius 1 is 1.18 bits per heavy atom. The molecule has 3 rings (SSSR count). The van der Waals surface area contributed by atoms with Crippen LogP contribution >= 0.6 is 0 Å². The third kappa shape index (κ3) is 7.01. The molecule has 0 radical (unpaired) electrons. The molecule has 8 heteroatoms. The standard InChI is InChI=1S/C30H46N2O6/c1-7-10-13-31(14-11-8-2)26(33)19-32-18-22(21-15-24(36-6)28-25(16-21)37-20-38-28)27(29(34)35)23(32)17-30(4,5)12-9-3/h9,12,15-16,22-23,27H,7-8,10-11,13-14,17-20H2,1-6H3,(H,34,35)/t22-,23-,27+/m1/s1. The normalized spacial score (nSPS) is 21.3. The SMILES string of the molecule is CC=CC(C)(C)C[C@@H]1[C@@H](C(=O)O)[C@@H](c2cc(OC)c3c(c2)OCO3)CN1CC(=O)N(CCCC)CCCC. The fourth-order valence-corrected chi connectivity index (χ4v) is 5.84. The highest BCUT2D eigenvalue weighted by atomic mass is 16.7. The Kier molecular flexibility index (Phi) is 10.5. The van der Waals surface area contributed by atoms with Gasteiger partial charge < -0.3 is 24.2 Å². The first-order valence-electron chi connectivity index (χ1n) is 14.0. The number of hydrogen-bond donors (Lipinski definition) is 1. The number of carbonyl (C=O) groups excluding carboxylic acids is 1. The van der Waals surface area contributed by atoms with Crippen molar-refractivity contribution in [2.75, 3.05) is 40.1 Å². The molecule has 1 N–H and O–H groups in total. The predicted molar refractivity (Wildman–Crippen MR) is 148 cm³/mol. The fourth-order valence-electron chi connectivity index (χ4n) is 5.84. The monoisotopic (exact) mass is 530 g/mol. The van der Waals surface area contributed by atoms with Crippen molar-refractivity contribution in [3.63, 3.8) is 0 Å². The fraction of sp³-hybridized carbons (Fsp3) is 0.667. The highest BCUT2D eigenvalue weighted by Gasteiger charge is 2.49. The second kappa shape index (κ2) is 13.4. The van der Waals surface area contributed by atoms with Crippen molar-refractivity contribution in [2.45, 2.75) is 78.7 Å². The largest absolute Gasteiger partial charge is 0.493 e. The number of aliphatic carboxylic acids is 1. The summed E-state index contributed by atoms with van der Waals surface area (Å²) < 4.78 is 16.8. The molecule has 0 saturated carbocycles. The van der Waals surface area contributed by atoms with Gasteiger partial charge in [0.05, 0.1) is 19.6 Å². The molecule has 3 atom stereocenters. The number of amides is 1. The quantitative estimate of drug-likeness (QED) is 0.326. The first kappa shape index (κ1) is 29.8. The molecule has 1 aromatic rings. The smallest absolute Gasteiger partial charge is 0.308 e. The maximum absolute atomic E-state index is 13.6. The Morgan fingerprint density at radius 2 is 1.87 bits per heavy atom. The Morgan fingerprint density at radius 3 is 2.45 bits per heavy atom. The highest BCUT2D eigenvalue weighted by Crippen LogP contribution is 2.48. The van der Waals surface area contributed by atoms with Gasteiger partial charge in [-0.3, -0.25) is 14.5 Å². The van der Waals surface area contributed by atoms with Gasteiger partial charge in [-0.15, -0.1) is 0 Å². The van der Waals surface area contributed by atoms with Crippen molar-refractivity contribution in [1.82, 2.24) is 9.80 Å². The number of hydrogen-bond acceptors (Lipinski definition) is 6. The number of carboxylic acid groups (broad SMARTS) is 1. The van der Waals surface area contributed by atoms with Crippen LogP contribution in [-0.4, -0.2) is 72.9 Å². The van der Waals surface area contributed by atoms with E-state index in [-0.39, 0.29) is 36.6 Å². The maximum atomic E-state index is 13.6. The van der Waals surface area contributed by atoms with Crippen LogP contribution in [0.3, 0.4) is 0 Å². The van der Waals surface area contributed by atoms with Gasteiger partial charge in [0.1, 0.15) is 0 Å². The van der Waals surface area contributed by atoms with Crippen LogP contribution in [0.4, 0.5) is 0 Å². The van der Waals surface area contributed by atoms with Gasteiger partial charge >= 0.3 is 5.97 Å². The number of methoxy groups -OCH3 is 1. The van der Waals surface area contributed by atoms with Gasteiger partial charge in [-0.2, -0.15) is 0 Å². The van der Waals surface area contributed by atoms with Crippen LogP contribution in [0.25, 0.3) is 0 Å². The lowest BCUT2D eigenvalue weighted by Crippen LogP contribution is -2.45. The second-order valence-corrected chi connectivity index (χ2v) is 11.2. The Balaban J connectivity index is 1.97. The molecule has 1 fully saturated rings. The maximum Gasteiger partial charge on any atom is 0.308 e. The zero-order valence-electron chi connectivity index (χ0n) is 24.0. The van der Waals surface area contributed by atoms with Gasteiger partial charge in [0.25, 0.3) is 0 Å². The molecule has 2 aliphatic rings. The molecule has 0 aliphatic carbocycles. The van der Waals surface area contributed by atoms with Crippen LogP contribution in [0.2, 0.25) is 0 Å². The Bertz CT molecular complexity index is 983. The van der Waals surface area contributed by atoms with Gasteiger partial charge in [0, 0.05) is 31.6 Å². The Labute approximate surface area is 227 Å². The number of nitrogens with zero attached hydrogens (tertiary/aromatic N) is 2. The molecule has 0 spiro atoms. The highest BCUT2D eigenvalue weighted by molar-refractivity contribution is 5.79. The van der Waals surface area contributed by atoms with Crippen LogP contribution in [-0.2, 0) is 9.59 Å². The third-order valence-electron chi connectivity index (χ3n) is 7.75. The molecule has 212 valence electrons. The van der Waals surface area contributed by atoms with E-state index in [1.807, 2.05) is 30.0 Å². The third-order valence-corrected chi connectivity index (χ3v) is 7.75. The number of carbonyl (C=O) groups is 2. The summed E-state index contributed by atoms with van der Waals surface area (Å²) in [5.74, 6) is -0.141. The van der Waals surface area contributed by atoms with Crippen LogP contribution in [0.5, 0.6) is 17.2 Å². The van der Waals surface area contributed by atoms with Crippen molar-refractivity contribution in [3.8, 4) is 17.2 Å². The topological polar surface area (TPSA) is 88.5 Å². The van der Waals surface area contributed by atoms with Gasteiger partial charge in [0.2, 0.25) is 18.4 Å². The van der Waals surface area contributed by atoms with E-state index >= 15 is 0 Å². The summed E-state index contributed by atoms with van der Waals surface area (Å²) in [5.41, 5.74) is 0.607. The number of ether oxygens (including phenoxy) is 3. The van der Waals surface area contributed by atoms with Crippen molar-refractivity contribution in [3.05, 3.63) is 29.8 Å². The number of likely N-dealkylation sites (tertiary alicyclic amines) is 1. The zero-order chi connectivity index (χ0) is 27.9. The average molecular weight is 531 g/mol. The number of rotatable bonds is 14. The summed E-state index contributed by atoms with van der Waals surface area (Å²) in [7, 11) is 1.57. The van der Waals surface area contributed by atoms with Crippen molar-refractivity contribution < 1.29 is 28.9 Å². The van der Waals surface area contributed by atoms with E-state index in [0.717, 1.165) is 44.3 Å². The van der Waals surface area contributed by atoms with E-state index < -0.39 is 11.9 Å². The molecule has 2 aliphatic heterocycles. The van der Waals surface area contributed by atoms with E-state index in [1.165, 1.54) is 0 Å². The average Bonchev–Trinajstić information content (AvgIpc) is 3.48. The summed E-state index contributed by atoms with van der Waals surface area (Å²) >= 11 is 0. The molecular weight excluding hydrogens is 484 g/mol. The van der Waals surface area contributed by atoms with Gasteiger partial charge in [-0.05, 0) is 49.3 Å². The molecule has 0 bridgehead atoms. The predicted octanol–water partition coefficient (Wildman–Crippen LogP) is 5.31. The van der Waals surface area contributed by atoms with E-state index in [9.17, 15) is 14.7 Å². The van der Waals surface area contributed by atoms with Gasteiger partial charge in [-0.1, -0.05) is 52.7 Å². The van der Waals surface area contributed by atoms with Crippen molar-refractivity contribution in [1.29, 1.82) is 0 Å². The number of carboxylic acids is 1. The minimum Gasteiger partial charge on any atom is -0.493 e. The molecule has 2 heterocycles. The Hall–Kier alpha value is -2.74. The van der Waals surface area contributed by atoms with Crippen molar-refractivity contribution >= 4 is 11.9 Å². The molecule has 1 aromatic carbocycles. The first-order chi connectivity index (χ1) is 18.1. The number of fused-ring (bicyclic) bond motifs is 1. The molecular formula is C30H46N2O6. The lowest BCUT2D eigenvalue weighted by molar-refractivity contribution is -0.144. The minimum atomic E-state index is -0.850. The number of unbranched alkanes of at least 4 members (excludes halogenated alkanes) is 2. The van der Waals surface area contributed by atoms with E-state index in [0.29, 0.717) is 30.2 Å². The number of allylic oxidation sites excluding steroid dienone is 2. The van der Waals surface area contributed by atoms with Crippen molar-refractivity contribution in [2.24, 2.45) is 11.3 Å². The molecule has 1 saturated heterocycles. The second-order valence-electron chi connectivity index (χ2n) is 11.2. The molecule has 8 nitrogen and oxygen atoms in total. The van der Waals surface area contributed by atoms with Crippen LogP contribution < -0.4 is 14.2 Å². The molecule has 38 heavy (non-hydrogen) atoms. The van der Waals surface area contributed by atoms with Crippen LogP contribution in [0, 0.1) is 11.3 Å². The zero-order valence-corrected chi connectivity index (χ0v) is 24.0. The van der Waals surface area contributed by atoms with E-state index in [4.69, 9.17) is 14.2 Å². The molecule has 0 unspecified atom stereocenters. The van der Waals surface area contributed by atoms with E-state index in [1.54, 1.807) is 7.11 Å². The minimum absolute atomic E-state index is 0.0776. The van der Waals surface area contributed by atoms with Gasteiger partial charge in [0.15, 0.2) is 11.5 Å². The molecule has 1 amide bonds. The van der Waals surface area contributed by atoms with Crippen LogP contribution in [0.1, 0.15) is 78.2 Å². The summed E-state index contributed by atoms with van der Waals surface area (Å²) in [5, 5.41) is 10.5. The lowest BCUT2D eigenvalue weighted by Gasteiger charge is -2.34. The van der Waals surface area contributed by atoms with Gasteiger partial charge in [-0.25, -0.2) is 0 Å². The summed E-state index contributed by atoms with van der Waals surface area (Å²) in [6, 6.07) is 3.44. The summed E-state index contributed by atoms with van der Waals surface area (Å²) in [6.07, 6.45) is 8.73.